The SMILES string of the molecule is CC(C)(C)OC(=O)NCc1ccc2c(c1)S(=O)(=O)CC2CC(=O)O. The highest BCUT2D eigenvalue weighted by molar-refractivity contribution is 7.91. The van der Waals surface area contributed by atoms with Crippen LogP contribution in [0, 0.1) is 0 Å². The van der Waals surface area contributed by atoms with Crippen molar-refractivity contribution in [2.75, 3.05) is 5.75 Å². The summed E-state index contributed by atoms with van der Waals surface area (Å²) in [6.45, 7) is 5.37. The molecule has 1 atom stereocenters. The molecule has 1 aromatic carbocycles. The van der Waals surface area contributed by atoms with Crippen LogP contribution in [0.2, 0.25) is 0 Å². The second kappa shape index (κ2) is 6.43. The molecule has 2 N–H and O–H groups in total. The number of hydrogen-bond acceptors (Lipinski definition) is 5. The molecule has 8 heteroatoms. The number of aliphatic carboxylic acids is 1. The van der Waals surface area contributed by atoms with Crippen molar-refractivity contribution in [2.24, 2.45) is 0 Å². The molecular formula is C16H21NO6S. The Morgan fingerprint density at radius 2 is 2.00 bits per heavy atom. The number of sulfone groups is 1. The van der Waals surface area contributed by atoms with Gasteiger partial charge in [-0.3, -0.25) is 4.79 Å². The fraction of sp³-hybridized carbons (Fsp3) is 0.500. The van der Waals surface area contributed by atoms with E-state index in [1.807, 2.05) is 0 Å². The topological polar surface area (TPSA) is 110 Å². The number of benzene rings is 1. The molecule has 7 nitrogen and oxygen atoms in total. The van der Waals surface area contributed by atoms with Gasteiger partial charge in [-0.25, -0.2) is 13.2 Å². The molecule has 132 valence electrons. The van der Waals surface area contributed by atoms with Gasteiger partial charge in [0.1, 0.15) is 5.60 Å². The van der Waals surface area contributed by atoms with E-state index < -0.39 is 33.4 Å². The zero-order valence-electron chi connectivity index (χ0n) is 13.8. The zero-order valence-corrected chi connectivity index (χ0v) is 14.6. The van der Waals surface area contributed by atoms with Crippen LogP contribution in [0.25, 0.3) is 0 Å². The molecule has 0 fully saturated rings. The molecular weight excluding hydrogens is 334 g/mol. The lowest BCUT2D eigenvalue weighted by molar-refractivity contribution is -0.137. The third-order valence-corrected chi connectivity index (χ3v) is 5.40. The molecule has 0 saturated heterocycles. The number of carboxylic acids is 1. The van der Waals surface area contributed by atoms with Crippen LogP contribution in [0.15, 0.2) is 23.1 Å². The van der Waals surface area contributed by atoms with E-state index in [1.165, 1.54) is 6.07 Å². The minimum absolute atomic E-state index is 0.126. The molecule has 2 rings (SSSR count). The smallest absolute Gasteiger partial charge is 0.407 e. The van der Waals surface area contributed by atoms with Gasteiger partial charge in [0.05, 0.1) is 17.1 Å². The van der Waals surface area contributed by atoms with Crippen LogP contribution < -0.4 is 5.32 Å². The molecule has 1 aliphatic rings. The van der Waals surface area contributed by atoms with Crippen LogP contribution in [-0.2, 0) is 25.9 Å². The number of carboxylic acid groups (broad SMARTS) is 1. The first-order valence-electron chi connectivity index (χ1n) is 7.52. The van der Waals surface area contributed by atoms with Crippen LogP contribution >= 0.6 is 0 Å². The normalized spacial score (nSPS) is 18.7. The van der Waals surface area contributed by atoms with Crippen LogP contribution in [0.4, 0.5) is 4.79 Å². The number of hydrogen-bond donors (Lipinski definition) is 2. The van der Waals surface area contributed by atoms with E-state index in [0.29, 0.717) is 11.1 Å². The van der Waals surface area contributed by atoms with E-state index >= 15 is 0 Å². The van der Waals surface area contributed by atoms with E-state index in [1.54, 1.807) is 32.9 Å². The first-order valence-corrected chi connectivity index (χ1v) is 9.17. The highest BCUT2D eigenvalue weighted by Gasteiger charge is 2.35. The summed E-state index contributed by atoms with van der Waals surface area (Å²) in [4.78, 5) is 22.7. The third kappa shape index (κ3) is 4.47. The van der Waals surface area contributed by atoms with Crippen molar-refractivity contribution in [3.05, 3.63) is 29.3 Å². The van der Waals surface area contributed by atoms with Gasteiger partial charge < -0.3 is 15.2 Å². The van der Waals surface area contributed by atoms with E-state index in [-0.39, 0.29) is 23.6 Å². The lowest BCUT2D eigenvalue weighted by Crippen LogP contribution is -2.32. The average Bonchev–Trinajstić information content (AvgIpc) is 2.65. The summed E-state index contributed by atoms with van der Waals surface area (Å²) in [7, 11) is -3.50. The van der Waals surface area contributed by atoms with E-state index in [4.69, 9.17) is 9.84 Å². The molecule has 1 unspecified atom stereocenters. The van der Waals surface area contributed by atoms with Gasteiger partial charge >= 0.3 is 12.1 Å². The van der Waals surface area contributed by atoms with Crippen molar-refractivity contribution >= 4 is 21.9 Å². The minimum Gasteiger partial charge on any atom is -0.481 e. The lowest BCUT2D eigenvalue weighted by Gasteiger charge is -2.19. The highest BCUT2D eigenvalue weighted by Crippen LogP contribution is 2.37. The summed E-state index contributed by atoms with van der Waals surface area (Å²) < 4.78 is 29.6. The van der Waals surface area contributed by atoms with Crippen LogP contribution in [0.5, 0.6) is 0 Å². The van der Waals surface area contributed by atoms with E-state index in [2.05, 4.69) is 5.32 Å². The number of fused-ring (bicyclic) bond motifs is 1. The summed E-state index contributed by atoms with van der Waals surface area (Å²) in [5, 5.41) is 11.5. The Morgan fingerprint density at radius 3 is 2.58 bits per heavy atom. The van der Waals surface area contributed by atoms with Crippen LogP contribution in [0.3, 0.4) is 0 Å². The second-order valence-electron chi connectivity index (χ2n) is 6.80. The summed E-state index contributed by atoms with van der Waals surface area (Å²) in [6, 6.07) is 4.80. The van der Waals surface area contributed by atoms with Gasteiger partial charge in [-0.15, -0.1) is 0 Å². The van der Waals surface area contributed by atoms with Gasteiger partial charge in [0.15, 0.2) is 9.84 Å². The molecule has 24 heavy (non-hydrogen) atoms. The van der Waals surface area contributed by atoms with Crippen molar-refractivity contribution in [3.63, 3.8) is 0 Å². The number of carbonyl (C=O) groups excluding carboxylic acids is 1. The number of ether oxygens (including phenoxy) is 1. The van der Waals surface area contributed by atoms with Gasteiger partial charge in [-0.1, -0.05) is 12.1 Å². The largest absolute Gasteiger partial charge is 0.481 e. The maximum atomic E-state index is 12.2. The molecule has 0 aliphatic carbocycles. The Morgan fingerprint density at radius 1 is 1.33 bits per heavy atom. The molecule has 0 saturated carbocycles. The molecule has 0 bridgehead atoms. The van der Waals surface area contributed by atoms with Gasteiger partial charge in [0, 0.05) is 12.5 Å². The quantitative estimate of drug-likeness (QED) is 0.855. The summed E-state index contributed by atoms with van der Waals surface area (Å²) in [6.07, 6.45) is -0.809. The van der Waals surface area contributed by atoms with Crippen molar-refractivity contribution in [1.29, 1.82) is 0 Å². The molecule has 0 aromatic heterocycles. The maximum Gasteiger partial charge on any atom is 0.407 e. The highest BCUT2D eigenvalue weighted by atomic mass is 32.2. The molecule has 1 amide bonds. The lowest BCUT2D eigenvalue weighted by atomic mass is 9.97. The Bertz CT molecular complexity index is 763. The third-order valence-electron chi connectivity index (χ3n) is 3.53. The Balaban J connectivity index is 2.14. The van der Waals surface area contributed by atoms with E-state index in [0.717, 1.165) is 0 Å². The van der Waals surface area contributed by atoms with Crippen LogP contribution in [0.1, 0.15) is 44.2 Å². The second-order valence-corrected chi connectivity index (χ2v) is 8.81. The van der Waals surface area contributed by atoms with Crippen LogP contribution in [-0.4, -0.2) is 36.9 Å². The Labute approximate surface area is 140 Å². The van der Waals surface area contributed by atoms with Crippen molar-refractivity contribution in [3.8, 4) is 0 Å². The van der Waals surface area contributed by atoms with Crippen molar-refractivity contribution < 1.29 is 27.9 Å². The van der Waals surface area contributed by atoms with Gasteiger partial charge in [-0.05, 0) is 38.0 Å². The fourth-order valence-electron chi connectivity index (χ4n) is 2.61. The van der Waals surface area contributed by atoms with Crippen molar-refractivity contribution in [2.45, 2.75) is 50.2 Å². The number of amides is 1. The fourth-order valence-corrected chi connectivity index (χ4v) is 4.54. The molecule has 0 radical (unpaired) electrons. The number of nitrogens with one attached hydrogen (secondary N) is 1. The van der Waals surface area contributed by atoms with Gasteiger partial charge in [0.25, 0.3) is 0 Å². The minimum atomic E-state index is -3.50. The van der Waals surface area contributed by atoms with Gasteiger partial charge in [-0.2, -0.15) is 0 Å². The first-order chi connectivity index (χ1) is 11.0. The van der Waals surface area contributed by atoms with Crippen molar-refractivity contribution in [1.82, 2.24) is 5.32 Å². The molecule has 1 aromatic rings. The Kier molecular flexibility index (Phi) is 4.89. The predicted octanol–water partition coefficient (Wildman–Crippen LogP) is 2.06. The molecule has 0 spiro atoms. The average molecular weight is 355 g/mol. The number of rotatable bonds is 4. The summed E-state index contributed by atoms with van der Waals surface area (Å²) in [5.41, 5.74) is 0.521. The molecule has 1 aliphatic heterocycles. The van der Waals surface area contributed by atoms with E-state index in [9.17, 15) is 18.0 Å². The van der Waals surface area contributed by atoms with Gasteiger partial charge in [0.2, 0.25) is 0 Å². The maximum absolute atomic E-state index is 12.2. The monoisotopic (exact) mass is 355 g/mol. The Hall–Kier alpha value is -2.09. The summed E-state index contributed by atoms with van der Waals surface area (Å²) >= 11 is 0. The first kappa shape index (κ1) is 18.3. The summed E-state index contributed by atoms with van der Waals surface area (Å²) in [5.74, 6) is -1.76. The molecule has 1 heterocycles. The number of alkyl carbamates (subject to hydrolysis) is 1. The number of carbonyl (C=O) groups is 2. The predicted molar refractivity (Wildman–Crippen MR) is 86.6 cm³/mol. The zero-order chi connectivity index (χ0) is 18.1. The standard InChI is InChI=1S/C16H21NO6S/c1-16(2,3)23-15(20)17-8-10-4-5-12-11(7-14(18)19)9-24(21,22)13(12)6-10/h4-6,11H,7-9H2,1-3H3,(H,17,20)(H,18,19).